The Kier molecular flexibility index (Phi) is 2.20. The van der Waals surface area contributed by atoms with E-state index in [1.807, 2.05) is 0 Å². The van der Waals surface area contributed by atoms with Crippen molar-refractivity contribution >= 4 is 0 Å². The summed E-state index contributed by atoms with van der Waals surface area (Å²) in [6.45, 7) is 0. The monoisotopic (exact) mass is 212 g/mol. The van der Waals surface area contributed by atoms with Crippen molar-refractivity contribution in [3.63, 3.8) is 0 Å². The van der Waals surface area contributed by atoms with Crippen LogP contribution >= 0.6 is 0 Å². The second-order valence-electron chi connectivity index (χ2n) is 3.48. The highest BCUT2D eigenvalue weighted by Crippen LogP contribution is 2.43. The van der Waals surface area contributed by atoms with Crippen molar-refractivity contribution in [1.82, 2.24) is 0 Å². The summed E-state index contributed by atoms with van der Waals surface area (Å²) in [5.41, 5.74) is 0. The fraction of sp³-hybridized carbons (Fsp3) is 1.00. The van der Waals surface area contributed by atoms with Gasteiger partial charge in [0.05, 0.1) is 0 Å². The van der Waals surface area contributed by atoms with E-state index in [4.69, 9.17) is 40.9 Å². The third kappa shape index (κ3) is 1.17. The van der Waals surface area contributed by atoms with E-state index in [9.17, 15) is 0 Å². The van der Waals surface area contributed by atoms with Gasteiger partial charge in [0.25, 0.3) is 11.6 Å². The van der Waals surface area contributed by atoms with Gasteiger partial charge in [-0.25, -0.2) is 0 Å². The van der Waals surface area contributed by atoms with E-state index in [0.29, 0.717) is 0 Å². The van der Waals surface area contributed by atoms with Crippen LogP contribution in [0.3, 0.4) is 0 Å². The smallest absolute Gasteiger partial charge is 0.279 e. The highest BCUT2D eigenvalue weighted by atomic mass is 16.7. The second kappa shape index (κ2) is 2.62. The summed E-state index contributed by atoms with van der Waals surface area (Å²) in [7, 11) is 0. The van der Waals surface area contributed by atoms with Gasteiger partial charge in [-0.3, -0.25) is 0 Å². The van der Waals surface area contributed by atoms with Crippen molar-refractivity contribution in [2.45, 2.75) is 36.0 Å². The van der Waals surface area contributed by atoms with Crippen molar-refractivity contribution < 1.29 is 40.9 Å². The number of rotatable bonds is 0. The Bertz CT molecular complexity index is 216. The molecule has 1 rings (SSSR count). The SMILES string of the molecule is OC1(O)CCC(O)(O)C(O)(O)C1(O)O. The lowest BCUT2D eigenvalue weighted by atomic mass is 9.78. The van der Waals surface area contributed by atoms with Crippen LogP contribution in [0.25, 0.3) is 0 Å². The first-order valence-corrected chi connectivity index (χ1v) is 3.75. The molecule has 1 fully saturated rings. The molecule has 0 saturated heterocycles. The molecule has 8 heteroatoms. The first-order valence-electron chi connectivity index (χ1n) is 3.75. The van der Waals surface area contributed by atoms with Gasteiger partial charge in [0.15, 0.2) is 0 Å². The van der Waals surface area contributed by atoms with Crippen LogP contribution in [0.15, 0.2) is 0 Å². The third-order valence-corrected chi connectivity index (χ3v) is 2.42. The Labute approximate surface area is 77.9 Å². The zero-order valence-corrected chi connectivity index (χ0v) is 6.99. The van der Waals surface area contributed by atoms with Crippen LogP contribution < -0.4 is 0 Å². The Hall–Kier alpha value is -0.320. The average Bonchev–Trinajstić information content (AvgIpc) is 1.98. The summed E-state index contributed by atoms with van der Waals surface area (Å²) >= 11 is 0. The molecule has 14 heavy (non-hydrogen) atoms. The number of aliphatic hydroxyl groups is 8. The number of hydrogen-bond acceptors (Lipinski definition) is 8. The summed E-state index contributed by atoms with van der Waals surface area (Å²) in [6, 6.07) is 0. The van der Waals surface area contributed by atoms with E-state index >= 15 is 0 Å². The van der Waals surface area contributed by atoms with Gasteiger partial charge in [0.1, 0.15) is 0 Å². The van der Waals surface area contributed by atoms with E-state index in [0.717, 1.165) is 0 Å². The first-order chi connectivity index (χ1) is 5.96. The topological polar surface area (TPSA) is 162 Å². The maximum atomic E-state index is 9.00. The normalized spacial score (nSPS) is 32.6. The fourth-order valence-electron chi connectivity index (χ4n) is 1.26. The minimum Gasteiger partial charge on any atom is -0.361 e. The molecule has 0 aromatic heterocycles. The molecular weight excluding hydrogens is 200 g/mol. The van der Waals surface area contributed by atoms with E-state index in [1.54, 1.807) is 0 Å². The van der Waals surface area contributed by atoms with Gasteiger partial charge < -0.3 is 40.9 Å². The lowest BCUT2D eigenvalue weighted by molar-refractivity contribution is -0.526. The number of hydrogen-bond donors (Lipinski definition) is 8. The van der Waals surface area contributed by atoms with Crippen molar-refractivity contribution in [3.05, 3.63) is 0 Å². The molecule has 8 N–H and O–H groups in total. The molecule has 1 aliphatic carbocycles. The van der Waals surface area contributed by atoms with E-state index < -0.39 is 36.0 Å². The van der Waals surface area contributed by atoms with E-state index in [2.05, 4.69) is 0 Å². The van der Waals surface area contributed by atoms with E-state index in [-0.39, 0.29) is 0 Å². The lowest BCUT2D eigenvalue weighted by Gasteiger charge is -2.51. The molecule has 0 heterocycles. The van der Waals surface area contributed by atoms with Crippen LogP contribution in [0.5, 0.6) is 0 Å². The standard InChI is InChI=1S/C6H12O8/c7-3(8)1-2-4(9,10)6(13,14)5(3,11)12/h7-14H,1-2H2. The van der Waals surface area contributed by atoms with Crippen LogP contribution in [0.1, 0.15) is 12.8 Å². The van der Waals surface area contributed by atoms with E-state index in [1.165, 1.54) is 0 Å². The van der Waals surface area contributed by atoms with Gasteiger partial charge in [-0.15, -0.1) is 0 Å². The molecule has 0 unspecified atom stereocenters. The molecular formula is C6H12O8. The van der Waals surface area contributed by atoms with Crippen molar-refractivity contribution in [3.8, 4) is 0 Å². The second-order valence-corrected chi connectivity index (χ2v) is 3.48. The Morgan fingerprint density at radius 1 is 0.500 bits per heavy atom. The van der Waals surface area contributed by atoms with Gasteiger partial charge in [0.2, 0.25) is 11.6 Å². The molecule has 0 bridgehead atoms. The van der Waals surface area contributed by atoms with Crippen LogP contribution in [-0.2, 0) is 0 Å². The van der Waals surface area contributed by atoms with Gasteiger partial charge >= 0.3 is 0 Å². The molecule has 0 aromatic rings. The quantitative estimate of drug-likeness (QED) is 0.186. The molecule has 84 valence electrons. The third-order valence-electron chi connectivity index (χ3n) is 2.42. The highest BCUT2D eigenvalue weighted by Gasteiger charge is 2.73. The maximum Gasteiger partial charge on any atom is 0.279 e. The summed E-state index contributed by atoms with van der Waals surface area (Å²) in [4.78, 5) is 0. The molecule has 0 aromatic carbocycles. The highest BCUT2D eigenvalue weighted by molar-refractivity contribution is 5.05. The Morgan fingerprint density at radius 2 is 0.714 bits per heavy atom. The van der Waals surface area contributed by atoms with Crippen LogP contribution in [0.2, 0.25) is 0 Å². The molecule has 8 nitrogen and oxygen atoms in total. The zero-order valence-electron chi connectivity index (χ0n) is 6.99. The van der Waals surface area contributed by atoms with Gasteiger partial charge in [0, 0.05) is 12.8 Å². The van der Waals surface area contributed by atoms with Gasteiger partial charge in [-0.2, -0.15) is 0 Å². The first kappa shape index (κ1) is 11.8. The predicted molar refractivity (Wildman–Crippen MR) is 37.9 cm³/mol. The van der Waals surface area contributed by atoms with Crippen molar-refractivity contribution in [1.29, 1.82) is 0 Å². The van der Waals surface area contributed by atoms with Crippen molar-refractivity contribution in [2.24, 2.45) is 0 Å². The largest absolute Gasteiger partial charge is 0.361 e. The van der Waals surface area contributed by atoms with Gasteiger partial charge in [-0.05, 0) is 0 Å². The molecule has 0 atom stereocenters. The molecule has 0 radical (unpaired) electrons. The summed E-state index contributed by atoms with van der Waals surface area (Å²) in [5, 5.41) is 71.9. The van der Waals surface area contributed by atoms with Crippen molar-refractivity contribution in [2.75, 3.05) is 0 Å². The lowest BCUT2D eigenvalue weighted by Crippen LogP contribution is -2.79. The predicted octanol–water partition coefficient (Wildman–Crippen LogP) is -4.50. The Balaban J connectivity index is 3.20. The molecule has 0 aliphatic heterocycles. The summed E-state index contributed by atoms with van der Waals surface area (Å²) < 4.78 is 0. The minimum absolute atomic E-state index is 0.851. The summed E-state index contributed by atoms with van der Waals surface area (Å²) in [6.07, 6.45) is -1.70. The van der Waals surface area contributed by atoms with Crippen LogP contribution in [0.4, 0.5) is 0 Å². The molecule has 1 aliphatic rings. The molecule has 0 spiro atoms. The molecule has 0 amide bonds. The fourth-order valence-corrected chi connectivity index (χ4v) is 1.26. The maximum absolute atomic E-state index is 9.00. The average molecular weight is 212 g/mol. The molecule has 1 saturated carbocycles. The zero-order chi connectivity index (χ0) is 11.4. The summed E-state index contributed by atoms with van der Waals surface area (Å²) in [5.74, 6) is -14.2. The van der Waals surface area contributed by atoms with Crippen LogP contribution in [-0.4, -0.2) is 64.0 Å². The minimum atomic E-state index is -3.87. The van der Waals surface area contributed by atoms with Crippen LogP contribution in [0, 0.1) is 0 Å². The Morgan fingerprint density at radius 3 is 0.929 bits per heavy atom. The van der Waals surface area contributed by atoms with Gasteiger partial charge in [-0.1, -0.05) is 0 Å².